The Labute approximate surface area is 166 Å². The number of rotatable bonds is 9. The quantitative estimate of drug-likeness (QED) is 0.529. The van der Waals surface area contributed by atoms with E-state index in [0.29, 0.717) is 12.4 Å². The highest BCUT2D eigenvalue weighted by molar-refractivity contribution is 5.89. The molecule has 0 aromatic heterocycles. The van der Waals surface area contributed by atoms with E-state index in [1.54, 1.807) is 19.2 Å². The lowest BCUT2D eigenvalue weighted by atomic mass is 10.1. The fourth-order valence-electron chi connectivity index (χ4n) is 3.46. The Hall–Kier alpha value is -2.41. The molecule has 0 saturated carbocycles. The Bertz CT molecular complexity index is 736. The van der Waals surface area contributed by atoms with E-state index in [-0.39, 0.29) is 18.1 Å². The molecular weight excluding hydrogens is 356 g/mol. The molecule has 0 radical (unpaired) electrons. The highest BCUT2D eigenvalue weighted by Crippen LogP contribution is 2.24. The lowest BCUT2D eigenvalue weighted by Crippen LogP contribution is -2.31. The smallest absolute Gasteiger partial charge is 0.337 e. The van der Waals surface area contributed by atoms with E-state index in [0.717, 1.165) is 31.7 Å². The van der Waals surface area contributed by atoms with Crippen LogP contribution in [-0.2, 0) is 14.2 Å². The second-order valence-corrected chi connectivity index (χ2v) is 6.92. The van der Waals surface area contributed by atoms with Crippen LogP contribution in [0.3, 0.4) is 0 Å². The highest BCUT2D eigenvalue weighted by atomic mass is 16.7. The first-order valence-corrected chi connectivity index (χ1v) is 9.52. The normalized spacial score (nSPS) is 18.0. The van der Waals surface area contributed by atoms with Crippen molar-refractivity contribution in [1.82, 2.24) is 4.90 Å². The summed E-state index contributed by atoms with van der Waals surface area (Å²) in [4.78, 5) is 14.0. The Morgan fingerprint density at radius 1 is 1.14 bits per heavy atom. The number of carbonyl (C=O) groups excluding carboxylic acids is 1. The van der Waals surface area contributed by atoms with Gasteiger partial charge in [0.15, 0.2) is 0 Å². The molecule has 3 rings (SSSR count). The van der Waals surface area contributed by atoms with Crippen molar-refractivity contribution in [3.8, 4) is 0 Å². The topological polar surface area (TPSA) is 60.0 Å². The number of carbonyl (C=O) groups is 1. The summed E-state index contributed by atoms with van der Waals surface area (Å²) in [6, 6.07) is 17.9. The molecule has 0 bridgehead atoms. The molecule has 1 N–H and O–H groups in total. The van der Waals surface area contributed by atoms with E-state index in [9.17, 15) is 4.79 Å². The monoisotopic (exact) mass is 384 g/mol. The van der Waals surface area contributed by atoms with Crippen LogP contribution in [0.5, 0.6) is 0 Å². The molecule has 0 aliphatic carbocycles. The van der Waals surface area contributed by atoms with Gasteiger partial charge in [0.2, 0.25) is 0 Å². The van der Waals surface area contributed by atoms with Crippen molar-refractivity contribution in [3.05, 3.63) is 65.7 Å². The molecule has 150 valence electrons. The predicted octanol–water partition coefficient (Wildman–Crippen LogP) is 3.32. The van der Waals surface area contributed by atoms with Crippen molar-refractivity contribution < 1.29 is 19.0 Å². The summed E-state index contributed by atoms with van der Waals surface area (Å²) >= 11 is 0. The van der Waals surface area contributed by atoms with Gasteiger partial charge in [0.25, 0.3) is 0 Å². The van der Waals surface area contributed by atoms with Crippen LogP contribution in [0.15, 0.2) is 54.6 Å². The maximum atomic E-state index is 11.6. The second kappa shape index (κ2) is 10.2. The molecule has 0 amide bonds. The van der Waals surface area contributed by atoms with Crippen molar-refractivity contribution in [2.45, 2.75) is 18.6 Å². The second-order valence-electron chi connectivity index (χ2n) is 6.92. The van der Waals surface area contributed by atoms with Gasteiger partial charge in [0.05, 0.1) is 24.8 Å². The third-order valence-corrected chi connectivity index (χ3v) is 4.94. The molecule has 1 aliphatic rings. The van der Waals surface area contributed by atoms with Gasteiger partial charge in [-0.2, -0.15) is 0 Å². The van der Waals surface area contributed by atoms with Gasteiger partial charge < -0.3 is 19.5 Å². The molecule has 28 heavy (non-hydrogen) atoms. The SMILES string of the molecule is COCO[C@H]1CCN(C[C@@H](Nc2ccc(C(=O)OC)cc2)c2ccccc2)C1. The predicted molar refractivity (Wildman–Crippen MR) is 108 cm³/mol. The van der Waals surface area contributed by atoms with Gasteiger partial charge in [-0.05, 0) is 36.2 Å². The summed E-state index contributed by atoms with van der Waals surface area (Å²) in [5.74, 6) is -0.328. The Morgan fingerprint density at radius 2 is 1.89 bits per heavy atom. The minimum Gasteiger partial charge on any atom is -0.465 e. The molecule has 6 heteroatoms. The molecule has 6 nitrogen and oxygen atoms in total. The standard InChI is InChI=1S/C22H28N2O4/c1-26-16-28-20-12-13-24(14-20)15-21(17-6-4-3-5-7-17)23-19-10-8-18(9-11-19)22(25)27-2/h3-11,20-21,23H,12-16H2,1-2H3/t20-,21+/m0/s1. The van der Waals surface area contributed by atoms with E-state index in [2.05, 4.69) is 34.5 Å². The highest BCUT2D eigenvalue weighted by Gasteiger charge is 2.26. The molecule has 1 heterocycles. The average molecular weight is 384 g/mol. The Kier molecular flexibility index (Phi) is 7.42. The zero-order valence-electron chi connectivity index (χ0n) is 16.5. The minimum atomic E-state index is -0.328. The molecule has 2 atom stereocenters. The average Bonchev–Trinajstić information content (AvgIpc) is 3.19. The lowest BCUT2D eigenvalue weighted by Gasteiger charge is -2.26. The van der Waals surface area contributed by atoms with Crippen LogP contribution in [0.2, 0.25) is 0 Å². The molecule has 1 saturated heterocycles. The van der Waals surface area contributed by atoms with E-state index < -0.39 is 0 Å². The number of hydrogen-bond acceptors (Lipinski definition) is 6. The van der Waals surface area contributed by atoms with E-state index in [1.165, 1.54) is 12.7 Å². The van der Waals surface area contributed by atoms with E-state index >= 15 is 0 Å². The molecule has 1 fully saturated rings. The number of likely N-dealkylation sites (tertiary alicyclic amines) is 1. The summed E-state index contributed by atoms with van der Waals surface area (Å²) in [6.45, 7) is 3.11. The minimum absolute atomic E-state index is 0.131. The van der Waals surface area contributed by atoms with Gasteiger partial charge in [-0.1, -0.05) is 30.3 Å². The Morgan fingerprint density at radius 3 is 2.57 bits per heavy atom. The van der Waals surface area contributed by atoms with Crippen LogP contribution < -0.4 is 5.32 Å². The van der Waals surface area contributed by atoms with Crippen molar-refractivity contribution >= 4 is 11.7 Å². The van der Waals surface area contributed by atoms with Crippen molar-refractivity contribution in [2.75, 3.05) is 46.0 Å². The van der Waals surface area contributed by atoms with Gasteiger partial charge in [-0.3, -0.25) is 4.90 Å². The molecular formula is C22H28N2O4. The van der Waals surface area contributed by atoms with Gasteiger partial charge in [0.1, 0.15) is 6.79 Å². The summed E-state index contributed by atoms with van der Waals surface area (Å²) in [5, 5.41) is 3.61. The molecule has 1 aliphatic heterocycles. The Balaban J connectivity index is 1.67. The zero-order chi connectivity index (χ0) is 19.8. The summed E-state index contributed by atoms with van der Waals surface area (Å²) in [5.41, 5.74) is 2.73. The lowest BCUT2D eigenvalue weighted by molar-refractivity contribution is -0.0671. The van der Waals surface area contributed by atoms with E-state index in [1.807, 2.05) is 18.2 Å². The van der Waals surface area contributed by atoms with Gasteiger partial charge in [-0.15, -0.1) is 0 Å². The number of anilines is 1. The van der Waals surface area contributed by atoms with Crippen molar-refractivity contribution in [2.24, 2.45) is 0 Å². The summed E-state index contributed by atoms with van der Waals surface area (Å²) in [7, 11) is 3.03. The van der Waals surface area contributed by atoms with Crippen LogP contribution in [0, 0.1) is 0 Å². The first-order valence-electron chi connectivity index (χ1n) is 9.52. The van der Waals surface area contributed by atoms with Crippen LogP contribution in [0.25, 0.3) is 0 Å². The third-order valence-electron chi connectivity index (χ3n) is 4.94. The summed E-state index contributed by atoms with van der Waals surface area (Å²) < 4.78 is 15.5. The van der Waals surface area contributed by atoms with Crippen LogP contribution in [0.4, 0.5) is 5.69 Å². The number of nitrogens with one attached hydrogen (secondary N) is 1. The number of methoxy groups -OCH3 is 2. The maximum Gasteiger partial charge on any atom is 0.337 e. The first kappa shape index (κ1) is 20.3. The van der Waals surface area contributed by atoms with Gasteiger partial charge in [0, 0.05) is 32.4 Å². The molecule has 0 spiro atoms. The number of benzene rings is 2. The number of nitrogens with zero attached hydrogens (tertiary/aromatic N) is 1. The molecule has 0 unspecified atom stereocenters. The maximum absolute atomic E-state index is 11.6. The number of ether oxygens (including phenoxy) is 3. The van der Waals surface area contributed by atoms with Crippen LogP contribution >= 0.6 is 0 Å². The summed E-state index contributed by atoms with van der Waals surface area (Å²) in [6.07, 6.45) is 1.23. The van der Waals surface area contributed by atoms with E-state index in [4.69, 9.17) is 14.2 Å². The van der Waals surface area contributed by atoms with Crippen LogP contribution in [0.1, 0.15) is 28.4 Å². The first-order chi connectivity index (χ1) is 13.7. The number of hydrogen-bond donors (Lipinski definition) is 1. The van der Waals surface area contributed by atoms with Crippen molar-refractivity contribution in [1.29, 1.82) is 0 Å². The van der Waals surface area contributed by atoms with Gasteiger partial charge in [-0.25, -0.2) is 4.79 Å². The number of esters is 1. The largest absolute Gasteiger partial charge is 0.465 e. The van der Waals surface area contributed by atoms with Crippen molar-refractivity contribution in [3.63, 3.8) is 0 Å². The van der Waals surface area contributed by atoms with Gasteiger partial charge >= 0.3 is 5.97 Å². The third kappa shape index (κ3) is 5.55. The van der Waals surface area contributed by atoms with Crippen LogP contribution in [-0.4, -0.2) is 57.6 Å². The molecule has 2 aromatic rings. The fourth-order valence-corrected chi connectivity index (χ4v) is 3.46. The zero-order valence-corrected chi connectivity index (χ0v) is 16.5. The molecule has 2 aromatic carbocycles. The fraction of sp³-hybridized carbons (Fsp3) is 0.409.